The minimum absolute atomic E-state index is 0.249. The Morgan fingerprint density at radius 3 is 2.68 bits per heavy atom. The van der Waals surface area contributed by atoms with Crippen LogP contribution in [0.3, 0.4) is 0 Å². The van der Waals surface area contributed by atoms with Crippen LogP contribution in [0.15, 0.2) is 18.2 Å². The topological polar surface area (TPSA) is 62.2 Å². The van der Waals surface area contributed by atoms with Crippen LogP contribution in [0.5, 0.6) is 0 Å². The van der Waals surface area contributed by atoms with E-state index in [-0.39, 0.29) is 5.56 Å². The molecule has 0 aliphatic heterocycles. The molecule has 0 fully saturated rings. The second-order valence-electron chi connectivity index (χ2n) is 4.44. The van der Waals surface area contributed by atoms with E-state index in [1.54, 1.807) is 24.3 Å². The van der Waals surface area contributed by atoms with Crippen LogP contribution in [0.1, 0.15) is 31.5 Å². The van der Waals surface area contributed by atoms with Crippen molar-refractivity contribution in [3.63, 3.8) is 0 Å². The first kappa shape index (κ1) is 13.5. The number of hydrogen-bond donors (Lipinski definition) is 2. The second-order valence-corrected chi connectivity index (χ2v) is 5.82. The van der Waals surface area contributed by atoms with Gasteiger partial charge in [0.2, 0.25) is 0 Å². The number of thiophene rings is 1. The Balaban J connectivity index is 2.26. The summed E-state index contributed by atoms with van der Waals surface area (Å²) in [6.45, 7) is 6.26. The number of nitrogens with one attached hydrogen (secondary N) is 1. The predicted octanol–water partition coefficient (Wildman–Crippen LogP) is 3.38. The fourth-order valence-electron chi connectivity index (χ4n) is 2.00. The van der Waals surface area contributed by atoms with E-state index in [4.69, 9.17) is 0 Å². The first-order chi connectivity index (χ1) is 8.97. The number of hydrogen-bond acceptors (Lipinski definition) is 4. The highest BCUT2D eigenvalue weighted by Crippen LogP contribution is 2.22. The molecule has 0 bridgehead atoms. The van der Waals surface area contributed by atoms with Crippen LogP contribution >= 0.6 is 11.3 Å². The number of carboxylic acid groups (broad SMARTS) is 1. The molecule has 0 saturated carbocycles. The molecule has 2 heterocycles. The minimum atomic E-state index is -0.949. The van der Waals surface area contributed by atoms with E-state index < -0.39 is 5.97 Å². The van der Waals surface area contributed by atoms with Crippen molar-refractivity contribution in [2.45, 2.75) is 27.3 Å². The van der Waals surface area contributed by atoms with Gasteiger partial charge in [-0.05, 0) is 39.0 Å². The maximum Gasteiger partial charge on any atom is 0.339 e. The second kappa shape index (κ2) is 5.40. The van der Waals surface area contributed by atoms with Crippen molar-refractivity contribution in [2.24, 2.45) is 0 Å². The number of nitrogens with zero attached hydrogens (tertiary/aromatic N) is 1. The Bertz CT molecular complexity index is 620. The van der Waals surface area contributed by atoms with Gasteiger partial charge in [-0.3, -0.25) is 4.98 Å². The highest BCUT2D eigenvalue weighted by atomic mass is 32.1. The molecule has 5 heteroatoms. The molecule has 0 unspecified atom stereocenters. The molecule has 0 aliphatic rings. The molecular weight excluding hydrogens is 260 g/mol. The minimum Gasteiger partial charge on any atom is -0.478 e. The van der Waals surface area contributed by atoms with Gasteiger partial charge < -0.3 is 10.4 Å². The number of carboxylic acids is 1. The molecule has 2 aromatic rings. The zero-order valence-electron chi connectivity index (χ0n) is 11.2. The highest BCUT2D eigenvalue weighted by molar-refractivity contribution is 7.11. The molecule has 0 aromatic carbocycles. The van der Waals surface area contributed by atoms with Gasteiger partial charge in [0.25, 0.3) is 0 Å². The smallest absolute Gasteiger partial charge is 0.339 e. The maximum absolute atomic E-state index is 11.3. The van der Waals surface area contributed by atoms with Crippen molar-refractivity contribution < 1.29 is 9.90 Å². The van der Waals surface area contributed by atoms with Crippen molar-refractivity contribution in [2.75, 3.05) is 5.32 Å². The Labute approximate surface area is 116 Å². The Morgan fingerprint density at radius 2 is 2.11 bits per heavy atom. The van der Waals surface area contributed by atoms with Crippen LogP contribution in [0, 0.1) is 20.8 Å². The van der Waals surface area contributed by atoms with E-state index in [1.807, 2.05) is 13.0 Å². The molecule has 0 spiro atoms. The first-order valence-electron chi connectivity index (χ1n) is 5.98. The summed E-state index contributed by atoms with van der Waals surface area (Å²) in [6, 6.07) is 5.88. The zero-order chi connectivity index (χ0) is 14.0. The summed E-state index contributed by atoms with van der Waals surface area (Å²) in [5.74, 6) is -0.949. The average molecular weight is 276 g/mol. The first-order valence-corrected chi connectivity index (χ1v) is 6.79. The van der Waals surface area contributed by atoms with Crippen LogP contribution < -0.4 is 5.32 Å². The standard InChI is InChI=1S/C14H16N2O2S/c1-8-6-12(13(14(17)18)10(3)16-8)15-7-11-5-4-9(2)19-11/h4-6H,7H2,1-3H3,(H,15,16)(H,17,18). The fraction of sp³-hybridized carbons (Fsp3) is 0.286. The summed E-state index contributed by atoms with van der Waals surface area (Å²) in [5.41, 5.74) is 2.23. The van der Waals surface area contributed by atoms with Gasteiger partial charge in [0, 0.05) is 22.0 Å². The lowest BCUT2D eigenvalue weighted by Crippen LogP contribution is -2.10. The van der Waals surface area contributed by atoms with Crippen LogP contribution in [-0.4, -0.2) is 16.1 Å². The number of anilines is 1. The molecular formula is C14H16N2O2S. The molecule has 0 radical (unpaired) electrons. The van der Waals surface area contributed by atoms with Crippen LogP contribution in [0.2, 0.25) is 0 Å². The van der Waals surface area contributed by atoms with Crippen molar-refractivity contribution in [1.82, 2.24) is 4.98 Å². The van der Waals surface area contributed by atoms with Crippen LogP contribution in [-0.2, 0) is 6.54 Å². The third kappa shape index (κ3) is 3.12. The van der Waals surface area contributed by atoms with Crippen molar-refractivity contribution in [3.05, 3.63) is 44.9 Å². The molecule has 2 aromatic heterocycles. The molecule has 100 valence electrons. The van der Waals surface area contributed by atoms with Gasteiger partial charge in [-0.15, -0.1) is 11.3 Å². The molecule has 0 aliphatic carbocycles. The number of carbonyl (C=O) groups is 1. The Hall–Kier alpha value is -1.88. The Kier molecular flexibility index (Phi) is 3.85. The number of aromatic carboxylic acids is 1. The number of aromatic nitrogens is 1. The quantitative estimate of drug-likeness (QED) is 0.898. The molecule has 0 amide bonds. The van der Waals surface area contributed by atoms with E-state index >= 15 is 0 Å². The summed E-state index contributed by atoms with van der Waals surface area (Å²) in [7, 11) is 0. The summed E-state index contributed by atoms with van der Waals surface area (Å²) in [6.07, 6.45) is 0. The normalized spacial score (nSPS) is 10.5. The predicted molar refractivity (Wildman–Crippen MR) is 77.1 cm³/mol. The zero-order valence-corrected chi connectivity index (χ0v) is 12.0. The Morgan fingerprint density at radius 1 is 1.37 bits per heavy atom. The lowest BCUT2D eigenvalue weighted by atomic mass is 10.1. The molecule has 4 nitrogen and oxygen atoms in total. The summed E-state index contributed by atoms with van der Waals surface area (Å²) >= 11 is 1.70. The van der Waals surface area contributed by atoms with Gasteiger partial charge in [-0.1, -0.05) is 0 Å². The summed E-state index contributed by atoms with van der Waals surface area (Å²) < 4.78 is 0. The van der Waals surface area contributed by atoms with Crippen molar-refractivity contribution in [3.8, 4) is 0 Å². The van der Waals surface area contributed by atoms with Gasteiger partial charge in [0.15, 0.2) is 0 Å². The summed E-state index contributed by atoms with van der Waals surface area (Å²) in [5, 5.41) is 12.5. The summed E-state index contributed by atoms with van der Waals surface area (Å²) in [4.78, 5) is 17.9. The van der Waals surface area contributed by atoms with E-state index in [2.05, 4.69) is 23.3 Å². The van der Waals surface area contributed by atoms with Gasteiger partial charge in [0.1, 0.15) is 5.56 Å². The van der Waals surface area contributed by atoms with Gasteiger partial charge >= 0.3 is 5.97 Å². The molecule has 0 saturated heterocycles. The molecule has 2 rings (SSSR count). The monoisotopic (exact) mass is 276 g/mol. The van der Waals surface area contributed by atoms with E-state index in [0.29, 0.717) is 17.9 Å². The lowest BCUT2D eigenvalue weighted by molar-refractivity contribution is 0.0696. The largest absolute Gasteiger partial charge is 0.478 e. The van der Waals surface area contributed by atoms with E-state index in [1.165, 1.54) is 9.75 Å². The van der Waals surface area contributed by atoms with Crippen LogP contribution in [0.4, 0.5) is 5.69 Å². The number of pyridine rings is 1. The molecule has 19 heavy (non-hydrogen) atoms. The third-order valence-electron chi connectivity index (χ3n) is 2.79. The number of aryl methyl sites for hydroxylation is 3. The molecule has 2 N–H and O–H groups in total. The van der Waals surface area contributed by atoms with Gasteiger partial charge in [-0.2, -0.15) is 0 Å². The van der Waals surface area contributed by atoms with Crippen molar-refractivity contribution in [1.29, 1.82) is 0 Å². The highest BCUT2D eigenvalue weighted by Gasteiger charge is 2.15. The van der Waals surface area contributed by atoms with Crippen molar-refractivity contribution >= 4 is 23.0 Å². The third-order valence-corrected chi connectivity index (χ3v) is 3.79. The van der Waals surface area contributed by atoms with E-state index in [9.17, 15) is 9.90 Å². The fourth-order valence-corrected chi connectivity index (χ4v) is 2.83. The maximum atomic E-state index is 11.3. The van der Waals surface area contributed by atoms with E-state index in [0.717, 1.165) is 5.69 Å². The molecule has 0 atom stereocenters. The van der Waals surface area contributed by atoms with Crippen LogP contribution in [0.25, 0.3) is 0 Å². The van der Waals surface area contributed by atoms with Gasteiger partial charge in [0.05, 0.1) is 11.4 Å². The SMILES string of the molecule is Cc1cc(NCc2ccc(C)s2)c(C(=O)O)c(C)n1. The average Bonchev–Trinajstić information content (AvgIpc) is 2.71. The lowest BCUT2D eigenvalue weighted by Gasteiger charge is -2.11. The van der Waals surface area contributed by atoms with Gasteiger partial charge in [-0.25, -0.2) is 4.79 Å². The number of rotatable bonds is 4.